The van der Waals surface area contributed by atoms with Crippen LogP contribution >= 0.6 is 11.3 Å². The fraction of sp³-hybridized carbons (Fsp3) is 0.200. The fourth-order valence-corrected chi connectivity index (χ4v) is 2.96. The number of imidazole rings is 1. The molecule has 3 nitrogen and oxygen atoms in total. The highest BCUT2D eigenvalue weighted by atomic mass is 32.1. The molecule has 0 saturated heterocycles. The molecule has 2 aromatic heterocycles. The maximum atomic E-state index is 8.92. The standard InChI is InChI=1S/C15H13N3S/c16-9-7-15-17-13-5-1-2-6-14(13)18(15)10-8-12-4-3-11-19-12/h1-6,11H,7-8,10H2. The maximum absolute atomic E-state index is 8.92. The number of para-hydroxylation sites is 2. The van der Waals surface area contributed by atoms with Crippen molar-refractivity contribution < 1.29 is 0 Å². The molecule has 0 bridgehead atoms. The van der Waals surface area contributed by atoms with Gasteiger partial charge in [-0.15, -0.1) is 11.3 Å². The molecule has 0 N–H and O–H groups in total. The Hall–Kier alpha value is -2.12. The zero-order valence-corrected chi connectivity index (χ0v) is 11.2. The first-order valence-corrected chi connectivity index (χ1v) is 7.10. The SMILES string of the molecule is N#CCc1nc2ccccc2n1CCc1cccs1. The average Bonchev–Trinajstić information content (AvgIpc) is 3.04. The van der Waals surface area contributed by atoms with Gasteiger partial charge in [-0.2, -0.15) is 5.26 Å². The van der Waals surface area contributed by atoms with Gasteiger partial charge in [0.2, 0.25) is 0 Å². The van der Waals surface area contributed by atoms with E-state index in [9.17, 15) is 0 Å². The molecule has 0 radical (unpaired) electrons. The molecule has 0 fully saturated rings. The largest absolute Gasteiger partial charge is 0.327 e. The second-order valence-electron chi connectivity index (χ2n) is 4.33. The molecule has 0 aliphatic heterocycles. The zero-order chi connectivity index (χ0) is 13.1. The Morgan fingerprint density at radius 1 is 1.21 bits per heavy atom. The van der Waals surface area contributed by atoms with Gasteiger partial charge in [-0.05, 0) is 30.0 Å². The van der Waals surface area contributed by atoms with Crippen molar-refractivity contribution in [3.8, 4) is 6.07 Å². The molecule has 3 rings (SSSR count). The molecule has 4 heteroatoms. The van der Waals surface area contributed by atoms with Gasteiger partial charge in [0.25, 0.3) is 0 Å². The van der Waals surface area contributed by atoms with E-state index in [4.69, 9.17) is 5.26 Å². The van der Waals surface area contributed by atoms with Gasteiger partial charge in [0.05, 0.1) is 23.5 Å². The number of aromatic nitrogens is 2. The number of aryl methyl sites for hydroxylation is 2. The third-order valence-corrected chi connectivity index (χ3v) is 4.07. The van der Waals surface area contributed by atoms with Crippen molar-refractivity contribution in [1.29, 1.82) is 5.26 Å². The van der Waals surface area contributed by atoms with Crippen LogP contribution in [0.3, 0.4) is 0 Å². The second kappa shape index (κ2) is 5.25. The topological polar surface area (TPSA) is 41.6 Å². The van der Waals surface area contributed by atoms with Crippen molar-refractivity contribution in [3.05, 3.63) is 52.5 Å². The van der Waals surface area contributed by atoms with Crippen LogP contribution in [0.4, 0.5) is 0 Å². The highest BCUT2D eigenvalue weighted by molar-refractivity contribution is 7.09. The lowest BCUT2D eigenvalue weighted by atomic mass is 10.3. The van der Waals surface area contributed by atoms with Gasteiger partial charge in [0, 0.05) is 11.4 Å². The minimum absolute atomic E-state index is 0.360. The molecule has 0 amide bonds. The first-order chi connectivity index (χ1) is 9.38. The summed E-state index contributed by atoms with van der Waals surface area (Å²) in [6.45, 7) is 0.873. The Balaban J connectivity index is 1.95. The van der Waals surface area contributed by atoms with Gasteiger partial charge in [0.15, 0.2) is 0 Å². The molecule has 1 aromatic carbocycles. The van der Waals surface area contributed by atoms with Gasteiger partial charge in [-0.3, -0.25) is 0 Å². The lowest BCUT2D eigenvalue weighted by Crippen LogP contribution is -2.05. The van der Waals surface area contributed by atoms with Crippen LogP contribution in [0.25, 0.3) is 11.0 Å². The molecule has 19 heavy (non-hydrogen) atoms. The van der Waals surface area contributed by atoms with Crippen molar-refractivity contribution in [2.75, 3.05) is 0 Å². The highest BCUT2D eigenvalue weighted by Crippen LogP contribution is 2.18. The van der Waals surface area contributed by atoms with Crippen LogP contribution in [-0.2, 0) is 19.4 Å². The molecule has 94 valence electrons. The van der Waals surface area contributed by atoms with Crippen molar-refractivity contribution in [3.63, 3.8) is 0 Å². The van der Waals surface area contributed by atoms with E-state index in [0.717, 1.165) is 29.8 Å². The van der Waals surface area contributed by atoms with Crippen LogP contribution in [0.2, 0.25) is 0 Å². The van der Waals surface area contributed by atoms with Gasteiger partial charge >= 0.3 is 0 Å². The number of fused-ring (bicyclic) bond motifs is 1. The van der Waals surface area contributed by atoms with Gasteiger partial charge in [-0.25, -0.2) is 4.98 Å². The number of rotatable bonds is 4. The first kappa shape index (κ1) is 11.9. The van der Waals surface area contributed by atoms with E-state index in [2.05, 4.69) is 39.2 Å². The predicted molar refractivity (Wildman–Crippen MR) is 77.1 cm³/mol. The number of nitriles is 1. The third-order valence-electron chi connectivity index (χ3n) is 3.13. The summed E-state index contributed by atoms with van der Waals surface area (Å²) in [7, 11) is 0. The van der Waals surface area contributed by atoms with E-state index < -0.39 is 0 Å². The molecule has 3 aromatic rings. The van der Waals surface area contributed by atoms with Crippen LogP contribution in [0, 0.1) is 11.3 Å². The summed E-state index contributed by atoms with van der Waals surface area (Å²) in [6, 6.07) is 14.5. The monoisotopic (exact) mass is 267 g/mol. The van der Waals surface area contributed by atoms with Crippen LogP contribution in [0.15, 0.2) is 41.8 Å². The third kappa shape index (κ3) is 2.38. The van der Waals surface area contributed by atoms with Crippen LogP contribution < -0.4 is 0 Å². The number of hydrogen-bond donors (Lipinski definition) is 0. The lowest BCUT2D eigenvalue weighted by molar-refractivity contribution is 0.688. The van der Waals surface area contributed by atoms with E-state index in [1.807, 2.05) is 18.2 Å². The minimum Gasteiger partial charge on any atom is -0.327 e. The molecule has 0 atom stereocenters. The molecular formula is C15H13N3S. The van der Waals surface area contributed by atoms with Crippen molar-refractivity contribution in [1.82, 2.24) is 9.55 Å². The summed E-state index contributed by atoms with van der Waals surface area (Å²) in [5.41, 5.74) is 2.09. The summed E-state index contributed by atoms with van der Waals surface area (Å²) >= 11 is 1.77. The molecule has 0 saturated carbocycles. The second-order valence-corrected chi connectivity index (χ2v) is 5.36. The molecular weight excluding hydrogens is 254 g/mol. The summed E-state index contributed by atoms with van der Waals surface area (Å²) in [4.78, 5) is 5.91. The molecule has 2 heterocycles. The highest BCUT2D eigenvalue weighted by Gasteiger charge is 2.09. The lowest BCUT2D eigenvalue weighted by Gasteiger charge is -2.06. The Morgan fingerprint density at radius 2 is 2.11 bits per heavy atom. The first-order valence-electron chi connectivity index (χ1n) is 6.22. The Bertz CT molecular complexity index is 720. The predicted octanol–water partition coefficient (Wildman–Crippen LogP) is 3.41. The smallest absolute Gasteiger partial charge is 0.124 e. The normalized spacial score (nSPS) is 10.7. The zero-order valence-electron chi connectivity index (χ0n) is 10.4. The van der Waals surface area contributed by atoms with Crippen LogP contribution in [0.5, 0.6) is 0 Å². The van der Waals surface area contributed by atoms with Crippen molar-refractivity contribution in [2.45, 2.75) is 19.4 Å². The summed E-state index contributed by atoms with van der Waals surface area (Å²) in [6.07, 6.45) is 1.34. The van der Waals surface area contributed by atoms with Gasteiger partial charge in [0.1, 0.15) is 5.82 Å². The minimum atomic E-state index is 0.360. The number of thiophene rings is 1. The van der Waals surface area contributed by atoms with E-state index >= 15 is 0 Å². The number of benzene rings is 1. The molecule has 0 aliphatic carbocycles. The van der Waals surface area contributed by atoms with E-state index in [0.29, 0.717) is 6.42 Å². The number of nitrogens with zero attached hydrogens (tertiary/aromatic N) is 3. The Kier molecular flexibility index (Phi) is 3.30. The Labute approximate surface area is 115 Å². The molecule has 0 aliphatic rings. The van der Waals surface area contributed by atoms with Gasteiger partial charge < -0.3 is 4.57 Å². The van der Waals surface area contributed by atoms with E-state index in [-0.39, 0.29) is 0 Å². The van der Waals surface area contributed by atoms with Crippen LogP contribution in [0.1, 0.15) is 10.7 Å². The summed E-state index contributed by atoms with van der Waals surface area (Å²) in [5, 5.41) is 11.0. The Morgan fingerprint density at radius 3 is 2.89 bits per heavy atom. The van der Waals surface area contributed by atoms with Crippen LogP contribution in [-0.4, -0.2) is 9.55 Å². The van der Waals surface area contributed by atoms with E-state index in [1.54, 1.807) is 11.3 Å². The fourth-order valence-electron chi connectivity index (χ4n) is 2.26. The van der Waals surface area contributed by atoms with Gasteiger partial charge in [-0.1, -0.05) is 18.2 Å². The molecule has 0 unspecified atom stereocenters. The average molecular weight is 267 g/mol. The summed E-state index contributed by atoms with van der Waals surface area (Å²) in [5.74, 6) is 0.861. The van der Waals surface area contributed by atoms with Crippen molar-refractivity contribution >= 4 is 22.4 Å². The molecule has 0 spiro atoms. The quantitative estimate of drug-likeness (QED) is 0.727. The summed E-state index contributed by atoms with van der Waals surface area (Å²) < 4.78 is 2.16. The number of hydrogen-bond acceptors (Lipinski definition) is 3. The van der Waals surface area contributed by atoms with Crippen molar-refractivity contribution in [2.24, 2.45) is 0 Å². The maximum Gasteiger partial charge on any atom is 0.124 e. The van der Waals surface area contributed by atoms with E-state index in [1.165, 1.54) is 4.88 Å².